The van der Waals surface area contributed by atoms with Gasteiger partial charge in [0, 0.05) is 19.0 Å². The van der Waals surface area contributed by atoms with Gasteiger partial charge in [0.05, 0.1) is 18.1 Å². The predicted molar refractivity (Wildman–Crippen MR) is 93.0 cm³/mol. The van der Waals surface area contributed by atoms with E-state index in [1.54, 1.807) is 22.3 Å². The van der Waals surface area contributed by atoms with E-state index >= 15 is 0 Å². The molecule has 1 amide bonds. The first kappa shape index (κ1) is 16.7. The molecule has 3 heterocycles. The topological polar surface area (TPSA) is 84.1 Å². The Morgan fingerprint density at radius 2 is 2.36 bits per heavy atom. The van der Waals surface area contributed by atoms with E-state index in [1.807, 2.05) is 21.7 Å². The van der Waals surface area contributed by atoms with Crippen LogP contribution in [0.25, 0.3) is 0 Å². The SMILES string of the molecule is O=C(C[C@H](c1ccsc1)n1cnnn1)N1CC[C@]2(O)CCCC[C@@H]2C1. The van der Waals surface area contributed by atoms with Crippen LogP contribution in [-0.2, 0) is 4.79 Å². The molecule has 2 aromatic heterocycles. The Morgan fingerprint density at radius 1 is 1.44 bits per heavy atom. The second-order valence-corrected chi connectivity index (χ2v) is 7.98. The Hall–Kier alpha value is -1.80. The molecule has 8 heteroatoms. The van der Waals surface area contributed by atoms with Crippen molar-refractivity contribution in [1.29, 1.82) is 0 Å². The molecule has 0 radical (unpaired) electrons. The van der Waals surface area contributed by atoms with E-state index in [4.69, 9.17) is 0 Å². The van der Waals surface area contributed by atoms with Gasteiger partial charge in [0.2, 0.25) is 5.91 Å². The van der Waals surface area contributed by atoms with Gasteiger partial charge >= 0.3 is 0 Å². The Balaban J connectivity index is 1.47. The molecule has 0 aromatic carbocycles. The summed E-state index contributed by atoms with van der Waals surface area (Å²) in [6, 6.07) is 1.83. The minimum Gasteiger partial charge on any atom is -0.389 e. The molecule has 1 saturated carbocycles. The molecule has 2 aromatic rings. The number of aromatic nitrogens is 4. The molecular weight excluding hydrogens is 338 g/mol. The van der Waals surface area contributed by atoms with Gasteiger partial charge in [-0.1, -0.05) is 12.8 Å². The number of hydrogen-bond acceptors (Lipinski definition) is 6. The molecule has 4 rings (SSSR count). The molecule has 2 fully saturated rings. The number of amides is 1. The molecule has 0 bridgehead atoms. The van der Waals surface area contributed by atoms with Gasteiger partial charge in [0.15, 0.2) is 0 Å². The molecule has 0 unspecified atom stereocenters. The van der Waals surface area contributed by atoms with E-state index in [9.17, 15) is 9.90 Å². The fourth-order valence-corrected chi connectivity index (χ4v) is 4.94. The Bertz CT molecular complexity index is 670. The van der Waals surface area contributed by atoms with Crippen LogP contribution in [-0.4, -0.2) is 54.8 Å². The lowest BCUT2D eigenvalue weighted by Gasteiger charge is -2.47. The maximum atomic E-state index is 12.9. The molecule has 3 atom stereocenters. The van der Waals surface area contributed by atoms with Crippen LogP contribution in [0.3, 0.4) is 0 Å². The summed E-state index contributed by atoms with van der Waals surface area (Å²) in [5, 5.41) is 26.3. The highest BCUT2D eigenvalue weighted by Gasteiger charge is 2.43. The van der Waals surface area contributed by atoms with Gasteiger partial charge in [-0.05, 0) is 52.1 Å². The summed E-state index contributed by atoms with van der Waals surface area (Å²) in [6.45, 7) is 1.30. The lowest BCUT2D eigenvalue weighted by atomic mass is 9.71. The number of carbonyl (C=O) groups excluding carboxylic acids is 1. The number of fused-ring (bicyclic) bond motifs is 1. The van der Waals surface area contributed by atoms with Gasteiger partial charge in [-0.15, -0.1) is 5.10 Å². The molecular formula is C17H23N5O2S. The highest BCUT2D eigenvalue weighted by Crippen LogP contribution is 2.40. The van der Waals surface area contributed by atoms with Crippen LogP contribution in [0.1, 0.15) is 50.1 Å². The van der Waals surface area contributed by atoms with Gasteiger partial charge in [0.1, 0.15) is 6.33 Å². The largest absolute Gasteiger partial charge is 0.389 e. The normalized spacial score (nSPS) is 27.7. The average molecular weight is 361 g/mol. The van der Waals surface area contributed by atoms with Gasteiger partial charge in [-0.2, -0.15) is 11.3 Å². The highest BCUT2D eigenvalue weighted by molar-refractivity contribution is 7.07. The van der Waals surface area contributed by atoms with Crippen molar-refractivity contribution < 1.29 is 9.90 Å². The maximum Gasteiger partial charge on any atom is 0.225 e. The van der Waals surface area contributed by atoms with Crippen molar-refractivity contribution in [3.63, 3.8) is 0 Å². The summed E-state index contributed by atoms with van der Waals surface area (Å²) < 4.78 is 1.65. The first-order valence-corrected chi connectivity index (χ1v) is 9.85. The number of tetrazole rings is 1. The Kier molecular flexibility index (Phi) is 4.56. The number of hydrogen-bond donors (Lipinski definition) is 1. The van der Waals surface area contributed by atoms with Crippen LogP contribution in [0.4, 0.5) is 0 Å². The summed E-state index contributed by atoms with van der Waals surface area (Å²) in [5.74, 6) is 0.325. The van der Waals surface area contributed by atoms with Gasteiger partial charge in [-0.25, -0.2) is 4.68 Å². The minimum atomic E-state index is -0.558. The van der Waals surface area contributed by atoms with Crippen LogP contribution in [0.2, 0.25) is 0 Å². The number of likely N-dealkylation sites (tertiary alicyclic amines) is 1. The molecule has 1 saturated heterocycles. The Labute approximate surface area is 150 Å². The van der Waals surface area contributed by atoms with E-state index in [1.165, 1.54) is 0 Å². The maximum absolute atomic E-state index is 12.9. The van der Waals surface area contributed by atoms with E-state index in [2.05, 4.69) is 15.5 Å². The number of thiophene rings is 1. The monoisotopic (exact) mass is 361 g/mol. The Morgan fingerprint density at radius 3 is 3.12 bits per heavy atom. The lowest BCUT2D eigenvalue weighted by Crippen LogP contribution is -2.54. The third-order valence-corrected chi connectivity index (χ3v) is 6.46. The van der Waals surface area contributed by atoms with E-state index in [0.717, 1.165) is 31.2 Å². The van der Waals surface area contributed by atoms with Crippen LogP contribution in [0, 0.1) is 5.92 Å². The van der Waals surface area contributed by atoms with Crippen molar-refractivity contribution in [3.05, 3.63) is 28.7 Å². The summed E-state index contributed by atoms with van der Waals surface area (Å²) in [5.41, 5.74) is 0.495. The average Bonchev–Trinajstić information content (AvgIpc) is 3.32. The molecule has 2 aliphatic rings. The second kappa shape index (κ2) is 6.84. The molecule has 0 spiro atoms. The summed E-state index contributed by atoms with van der Waals surface area (Å²) in [6.07, 6.45) is 6.73. The molecule has 1 aliphatic carbocycles. The highest BCUT2D eigenvalue weighted by atomic mass is 32.1. The molecule has 1 aliphatic heterocycles. The van der Waals surface area contributed by atoms with Crippen molar-refractivity contribution in [2.24, 2.45) is 5.92 Å². The van der Waals surface area contributed by atoms with Gasteiger partial charge in [0.25, 0.3) is 0 Å². The van der Waals surface area contributed by atoms with Crippen molar-refractivity contribution in [2.45, 2.75) is 50.2 Å². The van der Waals surface area contributed by atoms with E-state index in [-0.39, 0.29) is 17.9 Å². The smallest absolute Gasteiger partial charge is 0.225 e. The number of carbonyl (C=O) groups is 1. The second-order valence-electron chi connectivity index (χ2n) is 7.20. The molecule has 25 heavy (non-hydrogen) atoms. The van der Waals surface area contributed by atoms with E-state index in [0.29, 0.717) is 25.9 Å². The quantitative estimate of drug-likeness (QED) is 0.899. The number of rotatable bonds is 4. The molecule has 1 N–H and O–H groups in total. The van der Waals surface area contributed by atoms with Crippen LogP contribution in [0.15, 0.2) is 23.2 Å². The van der Waals surface area contributed by atoms with Crippen molar-refractivity contribution in [1.82, 2.24) is 25.1 Å². The van der Waals surface area contributed by atoms with Crippen molar-refractivity contribution in [3.8, 4) is 0 Å². The van der Waals surface area contributed by atoms with Crippen molar-refractivity contribution in [2.75, 3.05) is 13.1 Å². The standard InChI is InChI=1S/C17H23N5O2S/c23-16(21-7-6-17(24)5-2-1-3-14(17)10-21)9-15(13-4-8-25-11-13)22-12-18-19-20-22/h4,8,11-12,14-15,24H,1-3,5-7,9-10H2/t14-,15-,17-/m1/s1. The third kappa shape index (κ3) is 3.32. The van der Waals surface area contributed by atoms with Crippen molar-refractivity contribution >= 4 is 17.2 Å². The zero-order valence-corrected chi connectivity index (χ0v) is 14.9. The van der Waals surface area contributed by atoms with Gasteiger partial charge in [-0.3, -0.25) is 4.79 Å². The number of nitrogens with zero attached hydrogens (tertiary/aromatic N) is 5. The van der Waals surface area contributed by atoms with Crippen LogP contribution < -0.4 is 0 Å². The third-order valence-electron chi connectivity index (χ3n) is 5.76. The summed E-state index contributed by atoms with van der Waals surface area (Å²) >= 11 is 1.60. The summed E-state index contributed by atoms with van der Waals surface area (Å²) in [4.78, 5) is 14.9. The van der Waals surface area contributed by atoms with E-state index < -0.39 is 5.60 Å². The number of aliphatic hydroxyl groups is 1. The zero-order valence-electron chi connectivity index (χ0n) is 14.1. The van der Waals surface area contributed by atoms with Crippen LogP contribution in [0.5, 0.6) is 0 Å². The van der Waals surface area contributed by atoms with Crippen LogP contribution >= 0.6 is 11.3 Å². The fraction of sp³-hybridized carbons (Fsp3) is 0.647. The lowest BCUT2D eigenvalue weighted by molar-refractivity contribution is -0.143. The number of piperidine rings is 1. The van der Waals surface area contributed by atoms with Gasteiger partial charge < -0.3 is 10.0 Å². The zero-order chi connectivity index (χ0) is 17.3. The first-order valence-electron chi connectivity index (χ1n) is 8.90. The fourth-order valence-electron chi connectivity index (χ4n) is 4.23. The first-order chi connectivity index (χ1) is 12.2. The molecule has 134 valence electrons. The minimum absolute atomic E-state index is 0.110. The summed E-state index contributed by atoms with van der Waals surface area (Å²) in [7, 11) is 0. The molecule has 7 nitrogen and oxygen atoms in total. The predicted octanol–water partition coefficient (Wildman–Crippen LogP) is 1.87.